The molecule has 0 unspecified atom stereocenters. The second-order valence-corrected chi connectivity index (χ2v) is 5.64. The van der Waals surface area contributed by atoms with E-state index in [1.807, 2.05) is 55.5 Å². The van der Waals surface area contributed by atoms with E-state index in [0.29, 0.717) is 10.1 Å². The summed E-state index contributed by atoms with van der Waals surface area (Å²) in [6.45, 7) is 5.73. The van der Waals surface area contributed by atoms with E-state index in [2.05, 4.69) is 4.99 Å². The molecule has 1 aliphatic carbocycles. The lowest BCUT2D eigenvalue weighted by Crippen LogP contribution is -2.34. The highest BCUT2D eigenvalue weighted by atomic mass is 127. The van der Waals surface area contributed by atoms with Gasteiger partial charge in [0.1, 0.15) is 0 Å². The average Bonchev–Trinajstić information content (AvgIpc) is 2.30. The summed E-state index contributed by atoms with van der Waals surface area (Å²) in [5, 5.41) is 11.0. The van der Waals surface area contributed by atoms with E-state index in [-0.39, 0.29) is 11.4 Å². The molecule has 0 fully saturated rings. The van der Waals surface area contributed by atoms with Crippen molar-refractivity contribution in [3.05, 3.63) is 36.1 Å². The van der Waals surface area contributed by atoms with Gasteiger partial charge in [0.15, 0.2) is 0 Å². The van der Waals surface area contributed by atoms with Crippen LogP contribution in [0.3, 0.4) is 0 Å². The summed E-state index contributed by atoms with van der Waals surface area (Å²) in [5.74, 6) is -0.147. The third-order valence-corrected chi connectivity index (χ3v) is 2.87. The number of hydrogen-bond donors (Lipinski definition) is 1. The first-order valence-corrected chi connectivity index (χ1v) is 7.09. The van der Waals surface area contributed by atoms with Crippen LogP contribution in [0.1, 0.15) is 20.8 Å². The summed E-state index contributed by atoms with van der Waals surface area (Å²) in [4.78, 5) is 15.1. The molecule has 0 aliphatic heterocycles. The van der Waals surface area contributed by atoms with E-state index in [1.54, 1.807) is 18.4 Å². The molecular formula is C13H17IN2O2. The van der Waals surface area contributed by atoms with Crippen molar-refractivity contribution < 1.29 is 10.0 Å². The van der Waals surface area contributed by atoms with Crippen LogP contribution < -0.4 is 0 Å². The number of alkyl halides is 1. The lowest BCUT2D eigenvalue weighted by Gasteiger charge is -2.28. The molecule has 5 heteroatoms. The van der Waals surface area contributed by atoms with Crippen molar-refractivity contribution >= 4 is 34.2 Å². The smallest absolute Gasteiger partial charge is 0.256 e. The molecule has 1 amide bonds. The van der Waals surface area contributed by atoms with E-state index in [4.69, 9.17) is 0 Å². The molecule has 0 spiro atoms. The van der Waals surface area contributed by atoms with Crippen LogP contribution in [0.5, 0.6) is 0 Å². The predicted octanol–water partition coefficient (Wildman–Crippen LogP) is 2.89. The highest BCUT2D eigenvalue weighted by Gasteiger charge is 2.16. The summed E-state index contributed by atoms with van der Waals surface area (Å²) in [6, 6.07) is 0. The zero-order chi connectivity index (χ0) is 13.8. The molecule has 98 valence electrons. The summed E-state index contributed by atoms with van der Waals surface area (Å²) >= 11 is 1.98. The van der Waals surface area contributed by atoms with Gasteiger partial charge in [0.2, 0.25) is 0 Å². The topological polar surface area (TPSA) is 52.9 Å². The Balaban J connectivity index is 2.76. The molecule has 0 saturated carbocycles. The lowest BCUT2D eigenvalue weighted by molar-refractivity contribution is -0.115. The molecule has 0 atom stereocenters. The van der Waals surface area contributed by atoms with E-state index in [1.165, 1.54) is 0 Å². The molecule has 0 heterocycles. The second-order valence-electron chi connectivity index (χ2n) is 4.88. The molecule has 0 radical (unpaired) electrons. The largest absolute Gasteiger partial charge is 0.288 e. The first-order chi connectivity index (χ1) is 8.32. The number of allylic oxidation sites excluding steroid dienone is 5. The van der Waals surface area contributed by atoms with Crippen molar-refractivity contribution in [3.8, 4) is 0 Å². The molecule has 0 bridgehead atoms. The summed E-state index contributed by atoms with van der Waals surface area (Å²) in [5.41, 5.74) is 1.14. The standard InChI is InChI=1S/C13H17IN2O2/c1-13(2,3)16(18)9-10-4-6-11(7-5-10)15-12(17)8-14/h4-7,9,18H,8H2,1-3H3. The van der Waals surface area contributed by atoms with Crippen molar-refractivity contribution in [1.82, 2.24) is 5.06 Å². The minimum atomic E-state index is -0.347. The number of hydrogen-bond acceptors (Lipinski definition) is 3. The Morgan fingerprint density at radius 2 is 1.94 bits per heavy atom. The van der Waals surface area contributed by atoms with Crippen LogP contribution in [0.2, 0.25) is 0 Å². The molecular weight excluding hydrogens is 343 g/mol. The third-order valence-electron chi connectivity index (χ3n) is 2.22. The Bertz CT molecular complexity index is 424. The number of carbonyl (C=O) groups excluding carboxylic acids is 1. The van der Waals surface area contributed by atoms with Crippen molar-refractivity contribution in [1.29, 1.82) is 0 Å². The van der Waals surface area contributed by atoms with Gasteiger partial charge in [-0.25, -0.2) is 4.99 Å². The number of aliphatic imine (C=N–C) groups is 1. The van der Waals surface area contributed by atoms with Crippen LogP contribution in [0.15, 0.2) is 41.1 Å². The lowest BCUT2D eigenvalue weighted by atomic mass is 10.1. The normalized spacial score (nSPS) is 14.7. The van der Waals surface area contributed by atoms with Gasteiger partial charge in [-0.3, -0.25) is 15.1 Å². The Hall–Kier alpha value is -0.950. The van der Waals surface area contributed by atoms with Crippen LogP contribution in [-0.4, -0.2) is 31.9 Å². The Kier molecular flexibility index (Phi) is 5.28. The molecule has 1 N–H and O–H groups in total. The number of nitrogens with zero attached hydrogens (tertiary/aromatic N) is 2. The highest BCUT2D eigenvalue weighted by molar-refractivity contribution is 14.1. The summed E-state index contributed by atoms with van der Waals surface area (Å²) in [6.07, 6.45) is 8.78. The van der Waals surface area contributed by atoms with Crippen LogP contribution in [0.25, 0.3) is 0 Å². The van der Waals surface area contributed by atoms with Crippen molar-refractivity contribution in [2.24, 2.45) is 4.99 Å². The quantitative estimate of drug-likeness (QED) is 0.468. The molecule has 18 heavy (non-hydrogen) atoms. The molecule has 0 aromatic carbocycles. The molecule has 0 aromatic rings. The van der Waals surface area contributed by atoms with Gasteiger partial charge in [0, 0.05) is 6.20 Å². The Morgan fingerprint density at radius 3 is 2.39 bits per heavy atom. The Morgan fingerprint density at radius 1 is 1.39 bits per heavy atom. The van der Waals surface area contributed by atoms with Crippen molar-refractivity contribution in [2.75, 3.05) is 4.43 Å². The first kappa shape index (κ1) is 15.1. The van der Waals surface area contributed by atoms with Gasteiger partial charge in [-0.05, 0) is 38.5 Å². The molecule has 0 aromatic heterocycles. The van der Waals surface area contributed by atoms with Gasteiger partial charge < -0.3 is 0 Å². The van der Waals surface area contributed by atoms with Crippen molar-refractivity contribution in [3.63, 3.8) is 0 Å². The fourth-order valence-electron chi connectivity index (χ4n) is 1.14. The zero-order valence-electron chi connectivity index (χ0n) is 10.7. The maximum absolute atomic E-state index is 11.1. The van der Waals surface area contributed by atoms with E-state index in [0.717, 1.165) is 10.6 Å². The van der Waals surface area contributed by atoms with Gasteiger partial charge in [0.05, 0.1) is 15.7 Å². The van der Waals surface area contributed by atoms with Crippen LogP contribution in [0.4, 0.5) is 0 Å². The van der Waals surface area contributed by atoms with Crippen LogP contribution >= 0.6 is 22.6 Å². The minimum Gasteiger partial charge on any atom is -0.288 e. The van der Waals surface area contributed by atoms with Gasteiger partial charge in [-0.2, -0.15) is 0 Å². The van der Waals surface area contributed by atoms with Gasteiger partial charge in [-0.1, -0.05) is 34.7 Å². The van der Waals surface area contributed by atoms with E-state index < -0.39 is 0 Å². The fraction of sp³-hybridized carbons (Fsp3) is 0.385. The monoisotopic (exact) mass is 360 g/mol. The number of rotatable bonds is 2. The zero-order valence-corrected chi connectivity index (χ0v) is 12.9. The Labute approximate surface area is 121 Å². The maximum atomic E-state index is 11.1. The van der Waals surface area contributed by atoms with Gasteiger partial charge in [0.25, 0.3) is 5.91 Å². The minimum absolute atomic E-state index is 0.147. The molecule has 4 nitrogen and oxygen atoms in total. The predicted molar refractivity (Wildman–Crippen MR) is 81.1 cm³/mol. The highest BCUT2D eigenvalue weighted by Crippen LogP contribution is 2.15. The van der Waals surface area contributed by atoms with Crippen LogP contribution in [0, 0.1) is 0 Å². The second kappa shape index (κ2) is 6.29. The maximum Gasteiger partial charge on any atom is 0.256 e. The third kappa shape index (κ3) is 4.73. The average molecular weight is 360 g/mol. The van der Waals surface area contributed by atoms with E-state index in [9.17, 15) is 10.0 Å². The SMILES string of the molecule is CC(C)(C)N(O)C=C1C=CC(=NC(=O)CI)C=C1. The number of hydroxylamine groups is 2. The summed E-state index contributed by atoms with van der Waals surface area (Å²) < 4.78 is 0.375. The first-order valence-electron chi connectivity index (χ1n) is 5.56. The molecule has 0 saturated heterocycles. The van der Waals surface area contributed by atoms with Gasteiger partial charge in [-0.15, -0.1) is 0 Å². The number of carbonyl (C=O) groups is 1. The van der Waals surface area contributed by atoms with Crippen LogP contribution in [-0.2, 0) is 4.79 Å². The van der Waals surface area contributed by atoms with Gasteiger partial charge >= 0.3 is 0 Å². The fourth-order valence-corrected chi connectivity index (χ4v) is 1.31. The number of halogens is 1. The van der Waals surface area contributed by atoms with Crippen molar-refractivity contribution in [2.45, 2.75) is 26.3 Å². The molecule has 1 rings (SSSR count). The van der Waals surface area contributed by atoms with E-state index >= 15 is 0 Å². The number of amides is 1. The molecule has 1 aliphatic rings. The summed E-state index contributed by atoms with van der Waals surface area (Å²) in [7, 11) is 0.